The predicted octanol–water partition coefficient (Wildman–Crippen LogP) is 3.70. The largest absolute Gasteiger partial charge is 0.294 e. The molecule has 0 saturated carbocycles. The Balaban J connectivity index is 1.96. The van der Waals surface area contributed by atoms with Crippen LogP contribution in [0.2, 0.25) is 0 Å². The van der Waals surface area contributed by atoms with Crippen molar-refractivity contribution >= 4 is 31.9 Å². The molecular formula is C18H12N2O3S. The fourth-order valence-electron chi connectivity index (χ4n) is 2.81. The summed E-state index contributed by atoms with van der Waals surface area (Å²) in [6.45, 7) is 0. The second-order valence-electron chi connectivity index (χ2n) is 5.39. The summed E-state index contributed by atoms with van der Waals surface area (Å²) in [5.41, 5.74) is 3.38. The quantitative estimate of drug-likeness (QED) is 0.446. The Morgan fingerprint density at radius 1 is 0.792 bits per heavy atom. The number of hydrogen-bond acceptors (Lipinski definition) is 4. The number of aromatic nitrogens is 2. The van der Waals surface area contributed by atoms with Crippen LogP contribution in [0.25, 0.3) is 32.9 Å². The molecule has 0 aliphatic carbocycles. The van der Waals surface area contributed by atoms with Crippen LogP contribution in [-0.2, 0) is 10.1 Å². The van der Waals surface area contributed by atoms with Gasteiger partial charge in [-0.3, -0.25) is 14.5 Å². The molecule has 0 fully saturated rings. The first-order valence-electron chi connectivity index (χ1n) is 7.24. The van der Waals surface area contributed by atoms with Crippen LogP contribution in [0.5, 0.6) is 0 Å². The summed E-state index contributed by atoms with van der Waals surface area (Å²) in [7, 11) is -4.20. The van der Waals surface area contributed by atoms with E-state index < -0.39 is 10.1 Å². The second-order valence-corrected chi connectivity index (χ2v) is 6.82. The maximum Gasteiger partial charge on any atom is 0.294 e. The molecule has 4 aromatic rings. The van der Waals surface area contributed by atoms with Crippen LogP contribution in [0.4, 0.5) is 0 Å². The van der Waals surface area contributed by atoms with Crippen LogP contribution in [0, 0.1) is 0 Å². The van der Waals surface area contributed by atoms with Gasteiger partial charge in [0.1, 0.15) is 0 Å². The molecule has 2 aromatic carbocycles. The van der Waals surface area contributed by atoms with Crippen molar-refractivity contribution in [2.45, 2.75) is 4.90 Å². The molecule has 5 nitrogen and oxygen atoms in total. The highest BCUT2D eigenvalue weighted by Crippen LogP contribution is 2.31. The zero-order chi connectivity index (χ0) is 16.7. The van der Waals surface area contributed by atoms with Gasteiger partial charge in [-0.1, -0.05) is 30.3 Å². The minimum atomic E-state index is -4.20. The highest BCUT2D eigenvalue weighted by molar-refractivity contribution is 7.85. The molecule has 1 N–H and O–H groups in total. The normalized spacial score (nSPS) is 11.9. The fourth-order valence-corrected chi connectivity index (χ4v) is 3.29. The second kappa shape index (κ2) is 5.36. The van der Waals surface area contributed by atoms with E-state index in [0.717, 1.165) is 32.9 Å². The summed E-state index contributed by atoms with van der Waals surface area (Å²) in [6.07, 6.45) is 3.44. The maximum atomic E-state index is 11.2. The molecule has 24 heavy (non-hydrogen) atoms. The SMILES string of the molecule is O=S(=O)(O)c1ccc(-c2ccnc3c2ccc2cccnc23)cc1. The lowest BCUT2D eigenvalue weighted by Crippen LogP contribution is -1.97. The number of pyridine rings is 2. The van der Waals surface area contributed by atoms with E-state index in [1.807, 2.05) is 30.3 Å². The molecule has 0 aliphatic heterocycles. The van der Waals surface area contributed by atoms with Crippen LogP contribution in [0.3, 0.4) is 0 Å². The molecule has 118 valence electrons. The van der Waals surface area contributed by atoms with E-state index in [1.165, 1.54) is 12.1 Å². The number of rotatable bonds is 2. The Bertz CT molecular complexity index is 1170. The van der Waals surface area contributed by atoms with Gasteiger partial charge < -0.3 is 0 Å². The smallest absolute Gasteiger partial charge is 0.282 e. The molecule has 0 unspecified atom stereocenters. The Hall–Kier alpha value is -2.83. The first-order chi connectivity index (χ1) is 11.5. The van der Waals surface area contributed by atoms with Crippen LogP contribution in [-0.4, -0.2) is 22.9 Å². The molecule has 2 aromatic heterocycles. The topological polar surface area (TPSA) is 80.2 Å². The number of benzene rings is 2. The van der Waals surface area contributed by atoms with E-state index >= 15 is 0 Å². The van der Waals surface area contributed by atoms with Crippen molar-refractivity contribution < 1.29 is 13.0 Å². The molecule has 6 heteroatoms. The van der Waals surface area contributed by atoms with E-state index in [4.69, 9.17) is 4.55 Å². The monoisotopic (exact) mass is 336 g/mol. The molecular weight excluding hydrogens is 324 g/mol. The minimum Gasteiger partial charge on any atom is -0.282 e. The Kier molecular flexibility index (Phi) is 3.30. The molecule has 0 amide bonds. The van der Waals surface area contributed by atoms with Gasteiger partial charge in [0.2, 0.25) is 0 Å². The first kappa shape index (κ1) is 14.7. The molecule has 0 saturated heterocycles. The summed E-state index contributed by atoms with van der Waals surface area (Å²) in [4.78, 5) is 8.74. The van der Waals surface area contributed by atoms with Gasteiger partial charge in [-0.25, -0.2) is 0 Å². The number of fused-ring (bicyclic) bond motifs is 3. The van der Waals surface area contributed by atoms with Crippen molar-refractivity contribution in [1.29, 1.82) is 0 Å². The third kappa shape index (κ3) is 2.42. The van der Waals surface area contributed by atoms with Gasteiger partial charge in [-0.15, -0.1) is 0 Å². The summed E-state index contributed by atoms with van der Waals surface area (Å²) >= 11 is 0. The average molecular weight is 336 g/mol. The van der Waals surface area contributed by atoms with E-state index in [1.54, 1.807) is 24.5 Å². The maximum absolute atomic E-state index is 11.2. The standard InChI is InChI=1S/C18H12N2O3S/c21-24(22,23)14-6-3-12(4-7-14)15-9-11-20-18-16(15)8-5-13-2-1-10-19-17(13)18/h1-11H,(H,21,22,23). The molecule has 4 rings (SSSR count). The fraction of sp³-hybridized carbons (Fsp3) is 0. The minimum absolute atomic E-state index is 0.128. The Morgan fingerprint density at radius 3 is 2.29 bits per heavy atom. The highest BCUT2D eigenvalue weighted by atomic mass is 32.2. The predicted molar refractivity (Wildman–Crippen MR) is 92.3 cm³/mol. The third-order valence-electron chi connectivity index (χ3n) is 3.95. The van der Waals surface area contributed by atoms with Gasteiger partial charge in [0.25, 0.3) is 10.1 Å². The summed E-state index contributed by atoms with van der Waals surface area (Å²) in [5.74, 6) is 0. The number of nitrogens with zero attached hydrogens (tertiary/aromatic N) is 2. The van der Waals surface area contributed by atoms with Crippen molar-refractivity contribution in [3.8, 4) is 11.1 Å². The van der Waals surface area contributed by atoms with Gasteiger partial charge in [0.05, 0.1) is 15.9 Å². The van der Waals surface area contributed by atoms with E-state index in [2.05, 4.69) is 9.97 Å². The lowest BCUT2D eigenvalue weighted by atomic mass is 10.00. The Labute approximate surface area is 138 Å². The van der Waals surface area contributed by atoms with Gasteiger partial charge >= 0.3 is 0 Å². The van der Waals surface area contributed by atoms with Gasteiger partial charge in [0, 0.05) is 23.2 Å². The van der Waals surface area contributed by atoms with Crippen LogP contribution in [0.15, 0.2) is 71.9 Å². The average Bonchev–Trinajstić information content (AvgIpc) is 2.60. The summed E-state index contributed by atoms with van der Waals surface area (Å²) in [5, 5.41) is 1.94. The summed E-state index contributed by atoms with van der Waals surface area (Å²) < 4.78 is 31.4. The molecule has 2 heterocycles. The van der Waals surface area contributed by atoms with Gasteiger partial charge in [0.15, 0.2) is 0 Å². The lowest BCUT2D eigenvalue weighted by Gasteiger charge is -2.08. The van der Waals surface area contributed by atoms with Gasteiger partial charge in [-0.05, 0) is 35.4 Å². The van der Waals surface area contributed by atoms with Crippen LogP contribution >= 0.6 is 0 Å². The lowest BCUT2D eigenvalue weighted by molar-refractivity contribution is 0.483. The van der Waals surface area contributed by atoms with Crippen molar-refractivity contribution in [1.82, 2.24) is 9.97 Å². The Morgan fingerprint density at radius 2 is 1.54 bits per heavy atom. The third-order valence-corrected chi connectivity index (χ3v) is 4.81. The number of hydrogen-bond donors (Lipinski definition) is 1. The molecule has 0 radical (unpaired) electrons. The van der Waals surface area contributed by atoms with E-state index in [0.29, 0.717) is 0 Å². The van der Waals surface area contributed by atoms with Crippen LogP contribution < -0.4 is 0 Å². The van der Waals surface area contributed by atoms with Gasteiger partial charge in [-0.2, -0.15) is 8.42 Å². The highest BCUT2D eigenvalue weighted by Gasteiger charge is 2.11. The molecule has 0 aliphatic rings. The zero-order valence-electron chi connectivity index (χ0n) is 12.4. The van der Waals surface area contributed by atoms with E-state index in [-0.39, 0.29) is 4.90 Å². The van der Waals surface area contributed by atoms with Crippen molar-refractivity contribution in [2.75, 3.05) is 0 Å². The van der Waals surface area contributed by atoms with Crippen molar-refractivity contribution in [3.05, 3.63) is 67.0 Å². The first-order valence-corrected chi connectivity index (χ1v) is 8.68. The zero-order valence-corrected chi connectivity index (χ0v) is 13.2. The van der Waals surface area contributed by atoms with E-state index in [9.17, 15) is 8.42 Å². The van der Waals surface area contributed by atoms with Crippen molar-refractivity contribution in [3.63, 3.8) is 0 Å². The van der Waals surface area contributed by atoms with Crippen molar-refractivity contribution in [2.24, 2.45) is 0 Å². The van der Waals surface area contributed by atoms with Crippen LogP contribution in [0.1, 0.15) is 0 Å². The summed E-state index contributed by atoms with van der Waals surface area (Å²) in [6, 6.07) is 15.8. The molecule has 0 bridgehead atoms. The molecule has 0 atom stereocenters. The molecule has 0 spiro atoms.